The van der Waals surface area contributed by atoms with Gasteiger partial charge in [0.05, 0.1) is 0 Å². The van der Waals surface area contributed by atoms with Crippen LogP contribution in [0.25, 0.3) is 0 Å². The van der Waals surface area contributed by atoms with Crippen molar-refractivity contribution in [1.82, 2.24) is 0 Å². The Morgan fingerprint density at radius 2 is 2.36 bits per heavy atom. The molecule has 0 saturated heterocycles. The van der Waals surface area contributed by atoms with E-state index >= 15 is 0 Å². The molecule has 0 saturated carbocycles. The minimum atomic E-state index is -1.09. The highest BCUT2D eigenvalue weighted by molar-refractivity contribution is 5.84. The first kappa shape index (κ1) is 10.6. The van der Waals surface area contributed by atoms with E-state index in [0.717, 1.165) is 0 Å². The number of rotatable bonds is 5. The summed E-state index contributed by atoms with van der Waals surface area (Å²) in [6.45, 7) is 1.96. The molecule has 0 radical (unpaired) electrons. The number of carbonyl (C=O) groups is 1. The van der Waals surface area contributed by atoms with Crippen molar-refractivity contribution in [1.29, 1.82) is 0 Å². The van der Waals surface area contributed by atoms with Gasteiger partial charge in [-0.25, -0.2) is 4.79 Å². The molecule has 1 aromatic heterocycles. The van der Waals surface area contributed by atoms with Gasteiger partial charge in [0.2, 0.25) is 5.76 Å². The fraction of sp³-hybridized carbons (Fsp3) is 0.444. The topological polar surface area (TPSA) is 82.7 Å². The SMILES string of the molecule is CC(CCO)Nc1ccc(C(=O)O)o1. The summed E-state index contributed by atoms with van der Waals surface area (Å²) < 4.78 is 4.97. The van der Waals surface area contributed by atoms with E-state index in [0.29, 0.717) is 12.3 Å². The van der Waals surface area contributed by atoms with E-state index in [1.54, 1.807) is 6.07 Å². The first-order valence-corrected chi connectivity index (χ1v) is 4.34. The summed E-state index contributed by atoms with van der Waals surface area (Å²) >= 11 is 0. The van der Waals surface area contributed by atoms with E-state index in [1.807, 2.05) is 6.92 Å². The fourth-order valence-corrected chi connectivity index (χ4v) is 1.04. The van der Waals surface area contributed by atoms with Crippen LogP contribution in [-0.2, 0) is 0 Å². The largest absolute Gasteiger partial charge is 0.475 e. The number of aliphatic hydroxyl groups is 1. The molecule has 1 heterocycles. The van der Waals surface area contributed by atoms with Crippen molar-refractivity contribution in [2.24, 2.45) is 0 Å². The molecule has 78 valence electrons. The number of aromatic carboxylic acids is 1. The van der Waals surface area contributed by atoms with Crippen LogP contribution in [0.1, 0.15) is 23.9 Å². The van der Waals surface area contributed by atoms with Crippen LogP contribution >= 0.6 is 0 Å². The van der Waals surface area contributed by atoms with Crippen molar-refractivity contribution in [3.05, 3.63) is 17.9 Å². The van der Waals surface area contributed by atoms with Gasteiger partial charge in [-0.05, 0) is 19.4 Å². The quantitative estimate of drug-likeness (QED) is 0.662. The maximum absolute atomic E-state index is 10.5. The number of nitrogens with one attached hydrogen (secondary N) is 1. The Labute approximate surface area is 81.4 Å². The predicted molar refractivity (Wildman–Crippen MR) is 50.5 cm³/mol. The van der Waals surface area contributed by atoms with Gasteiger partial charge in [0.15, 0.2) is 5.88 Å². The molecule has 0 fully saturated rings. The Balaban J connectivity index is 2.55. The third-order valence-corrected chi connectivity index (χ3v) is 1.77. The Hall–Kier alpha value is -1.49. The van der Waals surface area contributed by atoms with E-state index in [4.69, 9.17) is 14.6 Å². The minimum Gasteiger partial charge on any atom is -0.475 e. The molecule has 1 unspecified atom stereocenters. The standard InChI is InChI=1S/C9H13NO4/c1-6(4-5-11)10-8-3-2-7(14-8)9(12)13/h2-3,6,10-11H,4-5H2,1H3,(H,12,13). The van der Waals surface area contributed by atoms with Crippen molar-refractivity contribution in [2.75, 3.05) is 11.9 Å². The highest BCUT2D eigenvalue weighted by Gasteiger charge is 2.10. The monoisotopic (exact) mass is 199 g/mol. The number of carboxylic acid groups (broad SMARTS) is 1. The molecular weight excluding hydrogens is 186 g/mol. The molecule has 1 aromatic rings. The molecule has 1 atom stereocenters. The van der Waals surface area contributed by atoms with Crippen molar-refractivity contribution in [3.63, 3.8) is 0 Å². The van der Waals surface area contributed by atoms with Crippen molar-refractivity contribution >= 4 is 11.9 Å². The van der Waals surface area contributed by atoms with E-state index < -0.39 is 5.97 Å². The minimum absolute atomic E-state index is 0.0489. The zero-order valence-electron chi connectivity index (χ0n) is 7.86. The van der Waals surface area contributed by atoms with Crippen LogP contribution in [0.4, 0.5) is 5.88 Å². The van der Waals surface area contributed by atoms with Crippen LogP contribution in [0.5, 0.6) is 0 Å². The van der Waals surface area contributed by atoms with Crippen molar-refractivity contribution in [2.45, 2.75) is 19.4 Å². The van der Waals surface area contributed by atoms with Gasteiger partial charge >= 0.3 is 5.97 Å². The maximum Gasteiger partial charge on any atom is 0.371 e. The van der Waals surface area contributed by atoms with Crippen LogP contribution in [0.2, 0.25) is 0 Å². The molecule has 0 aromatic carbocycles. The normalized spacial score (nSPS) is 12.4. The number of carboxylic acids is 1. The number of hydrogen-bond acceptors (Lipinski definition) is 4. The van der Waals surface area contributed by atoms with Crippen LogP contribution < -0.4 is 5.32 Å². The first-order valence-electron chi connectivity index (χ1n) is 4.34. The first-order chi connectivity index (χ1) is 6.63. The molecule has 5 nitrogen and oxygen atoms in total. The third kappa shape index (κ3) is 2.77. The van der Waals surface area contributed by atoms with E-state index in [2.05, 4.69) is 5.32 Å². The zero-order chi connectivity index (χ0) is 10.6. The average molecular weight is 199 g/mol. The Bertz CT molecular complexity index is 308. The van der Waals surface area contributed by atoms with Crippen LogP contribution in [0, 0.1) is 0 Å². The van der Waals surface area contributed by atoms with E-state index in [1.165, 1.54) is 6.07 Å². The molecule has 0 amide bonds. The maximum atomic E-state index is 10.5. The van der Waals surface area contributed by atoms with Crippen LogP contribution in [0.15, 0.2) is 16.5 Å². The molecule has 0 aliphatic heterocycles. The van der Waals surface area contributed by atoms with Gasteiger partial charge in [-0.2, -0.15) is 0 Å². The molecule has 1 rings (SSSR count). The van der Waals surface area contributed by atoms with Gasteiger partial charge < -0.3 is 19.9 Å². The summed E-state index contributed by atoms with van der Waals surface area (Å²) in [5.41, 5.74) is 0. The Kier molecular flexibility index (Phi) is 3.53. The Morgan fingerprint density at radius 3 is 2.86 bits per heavy atom. The van der Waals surface area contributed by atoms with E-state index in [-0.39, 0.29) is 18.4 Å². The second kappa shape index (κ2) is 4.66. The van der Waals surface area contributed by atoms with Gasteiger partial charge in [-0.3, -0.25) is 0 Å². The fourth-order valence-electron chi connectivity index (χ4n) is 1.04. The third-order valence-electron chi connectivity index (χ3n) is 1.77. The molecular formula is C9H13NO4. The number of furan rings is 1. The molecule has 0 aliphatic carbocycles. The summed E-state index contributed by atoms with van der Waals surface area (Å²) in [5.74, 6) is -0.778. The molecule has 0 bridgehead atoms. The second-order valence-electron chi connectivity index (χ2n) is 3.03. The van der Waals surface area contributed by atoms with Gasteiger partial charge in [0.25, 0.3) is 0 Å². The Morgan fingerprint density at radius 1 is 1.64 bits per heavy atom. The van der Waals surface area contributed by atoms with Crippen molar-refractivity contribution < 1.29 is 19.4 Å². The van der Waals surface area contributed by atoms with Gasteiger partial charge in [-0.1, -0.05) is 0 Å². The molecule has 0 aliphatic rings. The summed E-state index contributed by atoms with van der Waals surface area (Å²) in [7, 11) is 0. The highest BCUT2D eigenvalue weighted by Crippen LogP contribution is 2.14. The van der Waals surface area contributed by atoms with Gasteiger partial charge in [-0.15, -0.1) is 0 Å². The zero-order valence-corrected chi connectivity index (χ0v) is 7.86. The van der Waals surface area contributed by atoms with Crippen LogP contribution in [-0.4, -0.2) is 28.8 Å². The lowest BCUT2D eigenvalue weighted by molar-refractivity contribution is 0.0663. The predicted octanol–water partition coefficient (Wildman–Crippen LogP) is 1.16. The highest BCUT2D eigenvalue weighted by atomic mass is 16.4. The van der Waals surface area contributed by atoms with Crippen LogP contribution in [0.3, 0.4) is 0 Å². The van der Waals surface area contributed by atoms with Gasteiger partial charge in [0, 0.05) is 18.7 Å². The molecule has 5 heteroatoms. The lowest BCUT2D eigenvalue weighted by Gasteiger charge is -2.10. The smallest absolute Gasteiger partial charge is 0.371 e. The number of aliphatic hydroxyl groups excluding tert-OH is 1. The molecule has 3 N–H and O–H groups in total. The molecule has 14 heavy (non-hydrogen) atoms. The number of hydrogen-bond donors (Lipinski definition) is 3. The molecule has 0 spiro atoms. The van der Waals surface area contributed by atoms with Gasteiger partial charge in [0.1, 0.15) is 0 Å². The summed E-state index contributed by atoms with van der Waals surface area (Å²) in [6.07, 6.45) is 0.586. The van der Waals surface area contributed by atoms with Crippen molar-refractivity contribution in [3.8, 4) is 0 Å². The summed E-state index contributed by atoms with van der Waals surface area (Å²) in [6, 6.07) is 2.99. The lowest BCUT2D eigenvalue weighted by atomic mass is 10.2. The summed E-state index contributed by atoms with van der Waals surface area (Å²) in [5, 5.41) is 20.1. The second-order valence-corrected chi connectivity index (χ2v) is 3.03. The van der Waals surface area contributed by atoms with E-state index in [9.17, 15) is 4.79 Å². The lowest BCUT2D eigenvalue weighted by Crippen LogP contribution is -2.15. The number of anilines is 1. The average Bonchev–Trinajstić information content (AvgIpc) is 2.53. The summed E-state index contributed by atoms with van der Waals surface area (Å²) in [4.78, 5) is 10.5.